The molecule has 19 heavy (non-hydrogen) atoms. The van der Waals surface area contributed by atoms with E-state index in [-0.39, 0.29) is 0 Å². The first-order valence-electron chi connectivity index (χ1n) is 7.37. The van der Waals surface area contributed by atoms with Gasteiger partial charge in [-0.1, -0.05) is 26.2 Å². The fraction of sp³-hybridized carbons (Fsp3) is 0.733. The minimum absolute atomic E-state index is 0.380. The van der Waals surface area contributed by atoms with Gasteiger partial charge in [-0.05, 0) is 31.6 Å². The minimum atomic E-state index is 0.380. The highest BCUT2D eigenvalue weighted by Gasteiger charge is 2.26. The van der Waals surface area contributed by atoms with E-state index in [1.807, 2.05) is 0 Å². The lowest BCUT2D eigenvalue weighted by molar-refractivity contribution is 0.278. The van der Waals surface area contributed by atoms with Crippen molar-refractivity contribution in [2.24, 2.45) is 5.92 Å². The van der Waals surface area contributed by atoms with Crippen molar-refractivity contribution in [1.29, 1.82) is 5.26 Å². The quantitative estimate of drug-likeness (QED) is 0.868. The summed E-state index contributed by atoms with van der Waals surface area (Å²) in [4.78, 5) is 4.32. The van der Waals surface area contributed by atoms with Crippen molar-refractivity contribution in [3.05, 3.63) is 11.6 Å². The number of aromatic nitrogens is 1. The van der Waals surface area contributed by atoms with Crippen LogP contribution < -0.4 is 5.32 Å². The SMILES string of the molecule is CCCCC1CCC(c2nc(C#N)c(NC)o2)CC1. The molecule has 0 unspecified atom stereocenters. The summed E-state index contributed by atoms with van der Waals surface area (Å²) in [6.45, 7) is 2.25. The Morgan fingerprint density at radius 1 is 1.37 bits per heavy atom. The highest BCUT2D eigenvalue weighted by molar-refractivity contribution is 5.44. The van der Waals surface area contributed by atoms with Gasteiger partial charge in [-0.2, -0.15) is 5.26 Å². The minimum Gasteiger partial charge on any atom is -0.424 e. The molecular weight excluding hydrogens is 238 g/mol. The van der Waals surface area contributed by atoms with Crippen molar-refractivity contribution in [2.75, 3.05) is 12.4 Å². The Hall–Kier alpha value is -1.50. The highest BCUT2D eigenvalue weighted by atomic mass is 16.4. The third kappa shape index (κ3) is 3.28. The predicted molar refractivity (Wildman–Crippen MR) is 75.0 cm³/mol. The van der Waals surface area contributed by atoms with E-state index in [9.17, 15) is 0 Å². The average molecular weight is 261 g/mol. The van der Waals surface area contributed by atoms with Gasteiger partial charge >= 0.3 is 0 Å². The zero-order valence-corrected chi connectivity index (χ0v) is 11.9. The summed E-state index contributed by atoms with van der Waals surface area (Å²) in [5, 5.41) is 11.9. The van der Waals surface area contributed by atoms with Crippen LogP contribution in [0.5, 0.6) is 0 Å². The molecule has 1 aromatic heterocycles. The average Bonchev–Trinajstić information content (AvgIpc) is 2.89. The molecule has 104 valence electrons. The zero-order chi connectivity index (χ0) is 13.7. The molecule has 0 radical (unpaired) electrons. The lowest BCUT2D eigenvalue weighted by Crippen LogP contribution is -2.13. The van der Waals surface area contributed by atoms with Crippen LogP contribution in [0.25, 0.3) is 0 Å². The van der Waals surface area contributed by atoms with Crippen molar-refractivity contribution < 1.29 is 4.42 Å². The number of oxazole rings is 1. The fourth-order valence-electron chi connectivity index (χ4n) is 2.95. The summed E-state index contributed by atoms with van der Waals surface area (Å²) in [5.74, 6) is 2.53. The molecule has 1 fully saturated rings. The van der Waals surface area contributed by atoms with E-state index in [2.05, 4.69) is 23.3 Å². The van der Waals surface area contributed by atoms with Crippen LogP contribution in [0, 0.1) is 17.2 Å². The molecule has 0 atom stereocenters. The van der Waals surface area contributed by atoms with E-state index in [1.165, 1.54) is 32.1 Å². The van der Waals surface area contributed by atoms with Gasteiger partial charge < -0.3 is 9.73 Å². The molecule has 1 saturated carbocycles. The molecule has 2 rings (SSSR count). The second kappa shape index (κ2) is 6.60. The Balaban J connectivity index is 1.94. The molecule has 4 nitrogen and oxygen atoms in total. The molecular formula is C15H23N3O. The third-order valence-electron chi connectivity index (χ3n) is 4.14. The van der Waals surface area contributed by atoms with Gasteiger partial charge in [0, 0.05) is 13.0 Å². The summed E-state index contributed by atoms with van der Waals surface area (Å²) in [7, 11) is 1.76. The van der Waals surface area contributed by atoms with Gasteiger partial charge in [0.15, 0.2) is 0 Å². The van der Waals surface area contributed by atoms with Gasteiger partial charge in [0.2, 0.25) is 17.5 Å². The van der Waals surface area contributed by atoms with Crippen molar-refractivity contribution in [1.82, 2.24) is 4.98 Å². The molecule has 0 bridgehead atoms. The zero-order valence-electron chi connectivity index (χ0n) is 11.9. The van der Waals surface area contributed by atoms with Crippen LogP contribution in [0.2, 0.25) is 0 Å². The monoisotopic (exact) mass is 261 g/mol. The summed E-state index contributed by atoms with van der Waals surface area (Å²) in [6, 6.07) is 2.08. The van der Waals surface area contributed by atoms with Crippen LogP contribution >= 0.6 is 0 Å². The number of hydrogen-bond acceptors (Lipinski definition) is 4. The molecule has 1 aliphatic rings. The molecule has 0 aliphatic heterocycles. The van der Waals surface area contributed by atoms with Crippen molar-refractivity contribution in [3.8, 4) is 6.07 Å². The van der Waals surface area contributed by atoms with Crippen LogP contribution in [0.15, 0.2) is 4.42 Å². The van der Waals surface area contributed by atoms with Crippen LogP contribution in [0.1, 0.15) is 69.4 Å². The van der Waals surface area contributed by atoms with E-state index < -0.39 is 0 Å². The van der Waals surface area contributed by atoms with Gasteiger partial charge in [-0.25, -0.2) is 4.98 Å². The van der Waals surface area contributed by atoms with Crippen LogP contribution in [0.3, 0.4) is 0 Å². The first kappa shape index (κ1) is 13.9. The van der Waals surface area contributed by atoms with Gasteiger partial charge in [-0.3, -0.25) is 0 Å². The van der Waals surface area contributed by atoms with E-state index in [1.54, 1.807) is 7.05 Å². The van der Waals surface area contributed by atoms with Crippen LogP contribution in [-0.2, 0) is 0 Å². The van der Waals surface area contributed by atoms with Crippen LogP contribution in [0.4, 0.5) is 5.88 Å². The predicted octanol–water partition coefficient (Wildman–Crippen LogP) is 4.05. The topological polar surface area (TPSA) is 61.9 Å². The summed E-state index contributed by atoms with van der Waals surface area (Å²) in [6.07, 6.45) is 8.81. The van der Waals surface area contributed by atoms with E-state index in [4.69, 9.17) is 9.68 Å². The number of nitrogens with zero attached hydrogens (tertiary/aromatic N) is 2. The molecule has 4 heteroatoms. The van der Waals surface area contributed by atoms with Gasteiger partial charge in [-0.15, -0.1) is 0 Å². The lowest BCUT2D eigenvalue weighted by Gasteiger charge is -2.26. The van der Waals surface area contributed by atoms with Crippen LogP contribution in [-0.4, -0.2) is 12.0 Å². The molecule has 0 spiro atoms. The number of nitriles is 1. The van der Waals surface area contributed by atoms with Crippen molar-refractivity contribution in [3.63, 3.8) is 0 Å². The largest absolute Gasteiger partial charge is 0.424 e. The smallest absolute Gasteiger partial charge is 0.231 e. The summed E-state index contributed by atoms with van der Waals surface area (Å²) in [5.41, 5.74) is 0.380. The van der Waals surface area contributed by atoms with E-state index in [0.717, 1.165) is 24.7 Å². The molecule has 1 aromatic rings. The third-order valence-corrected chi connectivity index (χ3v) is 4.14. The van der Waals surface area contributed by atoms with Gasteiger partial charge in [0.05, 0.1) is 0 Å². The highest BCUT2D eigenvalue weighted by Crippen LogP contribution is 2.38. The Morgan fingerprint density at radius 3 is 2.63 bits per heavy atom. The number of unbranched alkanes of at least 4 members (excludes halogenated alkanes) is 1. The Labute approximate surface area is 115 Å². The normalized spacial score (nSPS) is 23.0. The molecule has 0 saturated heterocycles. The van der Waals surface area contributed by atoms with E-state index >= 15 is 0 Å². The summed E-state index contributed by atoms with van der Waals surface area (Å²) < 4.78 is 5.67. The van der Waals surface area contributed by atoms with E-state index in [0.29, 0.717) is 17.5 Å². The lowest BCUT2D eigenvalue weighted by atomic mass is 9.80. The summed E-state index contributed by atoms with van der Waals surface area (Å²) >= 11 is 0. The number of anilines is 1. The van der Waals surface area contributed by atoms with Gasteiger partial charge in [0.25, 0.3) is 0 Å². The first-order chi connectivity index (χ1) is 9.28. The second-order valence-corrected chi connectivity index (χ2v) is 5.45. The molecule has 0 amide bonds. The Bertz CT molecular complexity index is 439. The maximum atomic E-state index is 8.99. The number of rotatable bonds is 5. The molecule has 1 N–H and O–H groups in total. The van der Waals surface area contributed by atoms with Gasteiger partial charge in [0.1, 0.15) is 6.07 Å². The van der Waals surface area contributed by atoms with Crippen molar-refractivity contribution in [2.45, 2.75) is 57.8 Å². The Kier molecular flexibility index (Phi) is 4.84. The second-order valence-electron chi connectivity index (χ2n) is 5.45. The molecule has 0 aromatic carbocycles. The van der Waals surface area contributed by atoms with Crippen molar-refractivity contribution >= 4 is 5.88 Å². The molecule has 1 heterocycles. The number of hydrogen-bond donors (Lipinski definition) is 1. The standard InChI is InChI=1S/C15H23N3O/c1-3-4-5-11-6-8-12(9-7-11)14-18-13(10-16)15(17-2)19-14/h11-12,17H,3-9H2,1-2H3. The number of nitrogens with one attached hydrogen (secondary N) is 1. The fourth-order valence-corrected chi connectivity index (χ4v) is 2.95. The first-order valence-corrected chi connectivity index (χ1v) is 7.37. The maximum absolute atomic E-state index is 8.99. The maximum Gasteiger partial charge on any atom is 0.231 e. The Morgan fingerprint density at radius 2 is 2.11 bits per heavy atom. The molecule has 1 aliphatic carbocycles.